The first kappa shape index (κ1) is 11.7. The van der Waals surface area contributed by atoms with Crippen LogP contribution in [0.1, 0.15) is 26.0 Å². The van der Waals surface area contributed by atoms with Crippen molar-refractivity contribution in [3.05, 3.63) is 18.0 Å². The number of nitrogens with one attached hydrogen (secondary N) is 1. The molecular formula is C11H18N4. The SMILES string of the molecule is Cn1nccc1CNCCC(C)(C)C#N. The van der Waals surface area contributed by atoms with Gasteiger partial charge in [0.2, 0.25) is 0 Å². The number of hydrogen-bond donors (Lipinski definition) is 1. The molecule has 0 saturated carbocycles. The molecule has 1 N–H and O–H groups in total. The summed E-state index contributed by atoms with van der Waals surface area (Å²) in [6.45, 7) is 5.57. The second kappa shape index (κ2) is 4.94. The molecular weight excluding hydrogens is 188 g/mol. The molecule has 0 aliphatic carbocycles. The van der Waals surface area contributed by atoms with E-state index in [0.717, 1.165) is 25.2 Å². The summed E-state index contributed by atoms with van der Waals surface area (Å²) in [7, 11) is 1.93. The van der Waals surface area contributed by atoms with Crippen LogP contribution in [0.4, 0.5) is 0 Å². The molecule has 1 aromatic rings. The third kappa shape index (κ3) is 3.72. The van der Waals surface area contributed by atoms with Gasteiger partial charge in [0, 0.05) is 19.8 Å². The van der Waals surface area contributed by atoms with E-state index < -0.39 is 0 Å². The van der Waals surface area contributed by atoms with Gasteiger partial charge in [-0.25, -0.2) is 0 Å². The van der Waals surface area contributed by atoms with Crippen LogP contribution in [-0.2, 0) is 13.6 Å². The largest absolute Gasteiger partial charge is 0.311 e. The van der Waals surface area contributed by atoms with E-state index in [4.69, 9.17) is 5.26 Å². The van der Waals surface area contributed by atoms with Crippen molar-refractivity contribution in [2.24, 2.45) is 12.5 Å². The summed E-state index contributed by atoms with van der Waals surface area (Å²) in [5.74, 6) is 0. The zero-order valence-corrected chi connectivity index (χ0v) is 9.62. The van der Waals surface area contributed by atoms with Gasteiger partial charge in [-0.3, -0.25) is 4.68 Å². The standard InChI is InChI=1S/C11H18N4/c1-11(2,9-12)5-7-13-8-10-4-6-14-15(10)3/h4,6,13H,5,7-8H2,1-3H3. The van der Waals surface area contributed by atoms with Crippen LogP contribution in [0.25, 0.3) is 0 Å². The Morgan fingerprint density at radius 2 is 2.33 bits per heavy atom. The third-order valence-electron chi connectivity index (χ3n) is 2.46. The maximum absolute atomic E-state index is 8.83. The zero-order chi connectivity index (χ0) is 11.3. The van der Waals surface area contributed by atoms with Crippen molar-refractivity contribution in [3.63, 3.8) is 0 Å². The van der Waals surface area contributed by atoms with Crippen LogP contribution in [0.2, 0.25) is 0 Å². The molecule has 0 fully saturated rings. The van der Waals surface area contributed by atoms with Crippen molar-refractivity contribution in [1.82, 2.24) is 15.1 Å². The van der Waals surface area contributed by atoms with Crippen molar-refractivity contribution in [3.8, 4) is 6.07 Å². The monoisotopic (exact) mass is 206 g/mol. The summed E-state index contributed by atoms with van der Waals surface area (Å²) in [6.07, 6.45) is 2.65. The number of aryl methyl sites for hydroxylation is 1. The molecule has 0 bridgehead atoms. The lowest BCUT2D eigenvalue weighted by Gasteiger charge is -2.14. The van der Waals surface area contributed by atoms with Crippen LogP contribution in [0.3, 0.4) is 0 Å². The molecule has 1 rings (SSSR count). The smallest absolute Gasteiger partial charge is 0.0684 e. The molecule has 82 valence electrons. The van der Waals surface area contributed by atoms with Crippen molar-refractivity contribution in [1.29, 1.82) is 5.26 Å². The van der Waals surface area contributed by atoms with Crippen molar-refractivity contribution in [2.45, 2.75) is 26.8 Å². The van der Waals surface area contributed by atoms with E-state index in [1.54, 1.807) is 6.20 Å². The number of nitriles is 1. The number of hydrogen-bond acceptors (Lipinski definition) is 3. The molecule has 0 radical (unpaired) electrons. The van der Waals surface area contributed by atoms with Crippen molar-refractivity contribution >= 4 is 0 Å². The topological polar surface area (TPSA) is 53.6 Å². The molecule has 4 nitrogen and oxygen atoms in total. The van der Waals surface area contributed by atoms with Gasteiger partial charge in [-0.15, -0.1) is 0 Å². The minimum absolute atomic E-state index is 0.237. The van der Waals surface area contributed by atoms with Crippen LogP contribution >= 0.6 is 0 Å². The zero-order valence-electron chi connectivity index (χ0n) is 9.62. The van der Waals surface area contributed by atoms with Crippen LogP contribution in [0.5, 0.6) is 0 Å². The highest BCUT2D eigenvalue weighted by Gasteiger charge is 2.15. The molecule has 0 amide bonds. The van der Waals surface area contributed by atoms with Crippen LogP contribution < -0.4 is 5.32 Å². The molecule has 15 heavy (non-hydrogen) atoms. The minimum Gasteiger partial charge on any atom is -0.311 e. The average Bonchev–Trinajstić information content (AvgIpc) is 2.59. The van der Waals surface area contributed by atoms with E-state index in [2.05, 4.69) is 16.5 Å². The summed E-state index contributed by atoms with van der Waals surface area (Å²) < 4.78 is 1.85. The fourth-order valence-electron chi connectivity index (χ4n) is 1.25. The highest BCUT2D eigenvalue weighted by molar-refractivity contribution is 4.99. The maximum Gasteiger partial charge on any atom is 0.0684 e. The van der Waals surface area contributed by atoms with Gasteiger partial charge in [-0.1, -0.05) is 0 Å². The van der Waals surface area contributed by atoms with Gasteiger partial charge < -0.3 is 5.32 Å². The molecule has 1 heterocycles. The Balaban J connectivity index is 2.24. The number of nitrogens with zero attached hydrogens (tertiary/aromatic N) is 3. The van der Waals surface area contributed by atoms with Crippen molar-refractivity contribution < 1.29 is 0 Å². The fourth-order valence-corrected chi connectivity index (χ4v) is 1.25. The first-order valence-corrected chi connectivity index (χ1v) is 5.14. The van der Waals surface area contributed by atoms with Crippen molar-refractivity contribution in [2.75, 3.05) is 6.54 Å². The highest BCUT2D eigenvalue weighted by atomic mass is 15.3. The quantitative estimate of drug-likeness (QED) is 0.742. The van der Waals surface area contributed by atoms with Crippen LogP contribution in [0.15, 0.2) is 12.3 Å². The lowest BCUT2D eigenvalue weighted by atomic mass is 9.91. The van der Waals surface area contributed by atoms with Gasteiger partial charge in [-0.2, -0.15) is 10.4 Å². The predicted octanol–water partition coefficient (Wildman–Crippen LogP) is 1.45. The molecule has 0 aliphatic rings. The van der Waals surface area contributed by atoms with Gasteiger partial charge in [0.25, 0.3) is 0 Å². The number of rotatable bonds is 5. The molecule has 0 aliphatic heterocycles. The molecule has 4 heteroatoms. The summed E-state index contributed by atoms with van der Waals surface area (Å²) >= 11 is 0. The Hall–Kier alpha value is -1.34. The Morgan fingerprint density at radius 3 is 2.87 bits per heavy atom. The van der Waals surface area contributed by atoms with E-state index in [1.807, 2.05) is 31.6 Å². The summed E-state index contributed by atoms with van der Waals surface area (Å²) in [6, 6.07) is 4.28. The summed E-state index contributed by atoms with van der Waals surface area (Å²) in [5.41, 5.74) is 0.921. The maximum atomic E-state index is 8.83. The first-order valence-electron chi connectivity index (χ1n) is 5.14. The van der Waals surface area contributed by atoms with E-state index >= 15 is 0 Å². The van der Waals surface area contributed by atoms with Gasteiger partial charge in [0.15, 0.2) is 0 Å². The molecule has 0 unspecified atom stereocenters. The lowest BCUT2D eigenvalue weighted by Crippen LogP contribution is -2.22. The molecule has 0 atom stereocenters. The molecule has 0 spiro atoms. The highest BCUT2D eigenvalue weighted by Crippen LogP contribution is 2.17. The Morgan fingerprint density at radius 1 is 1.60 bits per heavy atom. The molecule has 0 saturated heterocycles. The lowest BCUT2D eigenvalue weighted by molar-refractivity contribution is 0.430. The van der Waals surface area contributed by atoms with Gasteiger partial charge >= 0.3 is 0 Å². The van der Waals surface area contributed by atoms with Gasteiger partial charge in [-0.05, 0) is 32.9 Å². The first-order chi connectivity index (χ1) is 7.05. The minimum atomic E-state index is -0.237. The second-order valence-electron chi connectivity index (χ2n) is 4.37. The van der Waals surface area contributed by atoms with Crippen LogP contribution in [0, 0.1) is 16.7 Å². The van der Waals surface area contributed by atoms with E-state index in [-0.39, 0.29) is 5.41 Å². The van der Waals surface area contributed by atoms with Gasteiger partial charge in [0.05, 0.1) is 17.2 Å². The predicted molar refractivity (Wildman–Crippen MR) is 58.9 cm³/mol. The Bertz CT molecular complexity index is 346. The Labute approximate surface area is 90.9 Å². The van der Waals surface area contributed by atoms with Gasteiger partial charge in [0.1, 0.15) is 0 Å². The molecule has 1 aromatic heterocycles. The average molecular weight is 206 g/mol. The third-order valence-corrected chi connectivity index (χ3v) is 2.46. The summed E-state index contributed by atoms with van der Waals surface area (Å²) in [5, 5.41) is 16.2. The number of aromatic nitrogens is 2. The van der Waals surface area contributed by atoms with E-state index in [1.165, 1.54) is 0 Å². The molecule has 0 aromatic carbocycles. The van der Waals surface area contributed by atoms with E-state index in [0.29, 0.717) is 0 Å². The normalized spacial score (nSPS) is 11.3. The van der Waals surface area contributed by atoms with Crippen LogP contribution in [-0.4, -0.2) is 16.3 Å². The second-order valence-corrected chi connectivity index (χ2v) is 4.37. The fraction of sp³-hybridized carbons (Fsp3) is 0.636. The summed E-state index contributed by atoms with van der Waals surface area (Å²) in [4.78, 5) is 0. The van der Waals surface area contributed by atoms with E-state index in [9.17, 15) is 0 Å². The Kier molecular flexibility index (Phi) is 3.87.